The molecule has 0 heterocycles. The Hall–Kier alpha value is 0.467. The molecule has 0 aliphatic rings. The highest BCUT2D eigenvalue weighted by Gasteiger charge is 2.16. The molecule has 0 aliphatic carbocycles. The second-order valence-corrected chi connectivity index (χ2v) is 9.32. The maximum Gasteiger partial charge on any atom is 0.0781 e. The van der Waals surface area contributed by atoms with Gasteiger partial charge >= 0.3 is 0 Å². The monoisotopic (exact) mass is 405 g/mol. The predicted molar refractivity (Wildman–Crippen MR) is 121 cm³/mol. The SMILES string of the molecule is CCCCCCCCCCCCCCCCCC[N+](C)(C[SiH3])CCC.[Cl-]. The van der Waals surface area contributed by atoms with Crippen molar-refractivity contribution in [3.63, 3.8) is 0 Å². The third-order valence-corrected chi connectivity index (χ3v) is 7.61. The van der Waals surface area contributed by atoms with Crippen LogP contribution < -0.4 is 12.4 Å². The van der Waals surface area contributed by atoms with E-state index >= 15 is 0 Å². The minimum atomic E-state index is 0. The van der Waals surface area contributed by atoms with E-state index in [1.54, 1.807) is 0 Å². The topological polar surface area (TPSA) is 0 Å². The summed E-state index contributed by atoms with van der Waals surface area (Å²) in [6.45, 7) is 7.45. The zero-order valence-corrected chi connectivity index (χ0v) is 21.7. The van der Waals surface area contributed by atoms with E-state index < -0.39 is 0 Å². The Labute approximate surface area is 176 Å². The molecule has 3 heteroatoms. The average molecular weight is 406 g/mol. The van der Waals surface area contributed by atoms with Gasteiger partial charge in [0.25, 0.3) is 0 Å². The Morgan fingerprint density at radius 1 is 0.500 bits per heavy atom. The van der Waals surface area contributed by atoms with Crippen molar-refractivity contribution in [2.75, 3.05) is 26.3 Å². The van der Waals surface area contributed by atoms with Gasteiger partial charge in [0.2, 0.25) is 0 Å². The maximum absolute atomic E-state index is 2.47. The van der Waals surface area contributed by atoms with Crippen molar-refractivity contribution in [3.8, 4) is 0 Å². The van der Waals surface area contributed by atoms with E-state index in [0.717, 1.165) is 0 Å². The van der Waals surface area contributed by atoms with Crippen molar-refractivity contribution >= 4 is 10.2 Å². The number of unbranched alkanes of at least 4 members (excludes halogenated alkanes) is 15. The largest absolute Gasteiger partial charge is 1.00 e. The smallest absolute Gasteiger partial charge is 0.0781 e. The van der Waals surface area contributed by atoms with Gasteiger partial charge in [-0.05, 0) is 19.3 Å². The third kappa shape index (κ3) is 19.2. The summed E-state index contributed by atoms with van der Waals surface area (Å²) in [5.41, 5.74) is 0. The lowest BCUT2D eigenvalue weighted by Gasteiger charge is -2.33. The molecule has 0 aromatic carbocycles. The van der Waals surface area contributed by atoms with Crippen LogP contribution in [0.15, 0.2) is 0 Å². The van der Waals surface area contributed by atoms with Gasteiger partial charge in [0, 0.05) is 0 Å². The van der Waals surface area contributed by atoms with E-state index in [1.807, 2.05) is 0 Å². The minimum Gasteiger partial charge on any atom is -1.00 e. The fraction of sp³-hybridized carbons (Fsp3) is 1.00. The van der Waals surface area contributed by atoms with Gasteiger partial charge in [-0.3, -0.25) is 0 Å². The van der Waals surface area contributed by atoms with E-state index in [9.17, 15) is 0 Å². The Bertz CT molecular complexity index is 263. The molecule has 0 bridgehead atoms. The van der Waals surface area contributed by atoms with Crippen molar-refractivity contribution in [2.24, 2.45) is 0 Å². The summed E-state index contributed by atoms with van der Waals surface area (Å²) >= 11 is 0. The van der Waals surface area contributed by atoms with Crippen LogP contribution in [0, 0.1) is 0 Å². The maximum atomic E-state index is 2.47. The van der Waals surface area contributed by atoms with E-state index in [4.69, 9.17) is 0 Å². The Morgan fingerprint density at radius 3 is 1.15 bits per heavy atom. The molecule has 0 aromatic heterocycles. The standard InChI is InChI=1S/C23H52NSi.ClH/c1-4-6-7-8-9-10-11-12-13-14-15-16-17-18-19-20-22-24(3,23-25)21-5-2;/h4-23H2,1-3,25H3;1H/q+1;/p-1. The molecule has 0 aromatic rings. The second-order valence-electron chi connectivity index (χ2n) is 8.69. The van der Waals surface area contributed by atoms with Gasteiger partial charge in [-0.1, -0.05) is 104 Å². The first-order chi connectivity index (χ1) is 12.2. The summed E-state index contributed by atoms with van der Waals surface area (Å²) in [4.78, 5) is 0. The lowest BCUT2D eigenvalue weighted by Crippen LogP contribution is -3.00. The van der Waals surface area contributed by atoms with E-state index in [1.165, 1.54) is 143 Å². The van der Waals surface area contributed by atoms with E-state index in [0.29, 0.717) is 0 Å². The van der Waals surface area contributed by atoms with Gasteiger partial charge in [0.15, 0.2) is 0 Å². The van der Waals surface area contributed by atoms with Gasteiger partial charge in [0.05, 0.1) is 36.5 Å². The average Bonchev–Trinajstić information content (AvgIpc) is 2.61. The highest BCUT2D eigenvalue weighted by Crippen LogP contribution is 2.14. The van der Waals surface area contributed by atoms with Crippen molar-refractivity contribution in [1.82, 2.24) is 0 Å². The second kappa shape index (κ2) is 21.8. The highest BCUT2D eigenvalue weighted by molar-refractivity contribution is 6.08. The molecule has 0 radical (unpaired) electrons. The molecule has 1 nitrogen and oxygen atoms in total. The molecule has 0 N–H and O–H groups in total. The number of hydrogen-bond acceptors (Lipinski definition) is 0. The van der Waals surface area contributed by atoms with Crippen molar-refractivity contribution in [1.29, 1.82) is 0 Å². The fourth-order valence-electron chi connectivity index (χ4n) is 4.01. The van der Waals surface area contributed by atoms with Gasteiger partial charge in [-0.2, -0.15) is 0 Å². The van der Waals surface area contributed by atoms with Crippen LogP contribution in [0.3, 0.4) is 0 Å². The van der Waals surface area contributed by atoms with Crippen LogP contribution in [0.2, 0.25) is 0 Å². The molecule has 26 heavy (non-hydrogen) atoms. The summed E-state index contributed by atoms with van der Waals surface area (Å²) in [6, 6.07) is 0. The minimum absolute atomic E-state index is 0. The number of halogens is 1. The quantitative estimate of drug-likeness (QED) is 0.165. The molecule has 0 aliphatic heterocycles. The molecule has 0 saturated heterocycles. The van der Waals surface area contributed by atoms with Crippen LogP contribution in [0.5, 0.6) is 0 Å². The van der Waals surface area contributed by atoms with Crippen LogP contribution in [-0.2, 0) is 0 Å². The first kappa shape index (κ1) is 28.7. The van der Waals surface area contributed by atoms with Gasteiger partial charge in [-0.25, -0.2) is 0 Å². The van der Waals surface area contributed by atoms with Crippen molar-refractivity contribution in [3.05, 3.63) is 0 Å². The molecule has 0 spiro atoms. The molecule has 0 saturated carbocycles. The molecule has 1 atom stereocenters. The Kier molecular flexibility index (Phi) is 24.0. The molecular formula is C23H52ClNSi. The number of quaternary nitrogens is 1. The summed E-state index contributed by atoms with van der Waals surface area (Å²) in [7, 11) is 3.83. The van der Waals surface area contributed by atoms with Crippen LogP contribution in [-0.4, -0.2) is 41.0 Å². The highest BCUT2D eigenvalue weighted by atomic mass is 35.5. The lowest BCUT2D eigenvalue weighted by atomic mass is 10.0. The van der Waals surface area contributed by atoms with Gasteiger partial charge < -0.3 is 16.9 Å². The summed E-state index contributed by atoms with van der Waals surface area (Å²) in [5.74, 6) is 0. The summed E-state index contributed by atoms with van der Waals surface area (Å²) < 4.78 is 1.35. The molecule has 0 rings (SSSR count). The number of nitrogens with zero attached hydrogens (tertiary/aromatic N) is 1. The molecule has 0 fully saturated rings. The zero-order valence-electron chi connectivity index (χ0n) is 19.0. The first-order valence-electron chi connectivity index (χ1n) is 12.0. The Balaban J connectivity index is 0. The molecule has 0 amide bonds. The molecular weight excluding hydrogens is 354 g/mol. The van der Waals surface area contributed by atoms with Crippen molar-refractivity contribution in [2.45, 2.75) is 123 Å². The van der Waals surface area contributed by atoms with Crippen LogP contribution in [0.1, 0.15) is 123 Å². The van der Waals surface area contributed by atoms with Gasteiger partial charge in [0.1, 0.15) is 0 Å². The fourth-order valence-corrected chi connectivity index (χ4v) is 4.64. The van der Waals surface area contributed by atoms with Gasteiger partial charge in [-0.15, -0.1) is 0 Å². The summed E-state index contributed by atoms with van der Waals surface area (Å²) in [6.07, 6.45) is 26.3. The molecule has 160 valence electrons. The normalized spacial score (nSPS) is 13.5. The Morgan fingerprint density at radius 2 is 0.846 bits per heavy atom. The number of rotatable bonds is 20. The van der Waals surface area contributed by atoms with E-state index in [-0.39, 0.29) is 12.4 Å². The van der Waals surface area contributed by atoms with Crippen molar-refractivity contribution < 1.29 is 16.9 Å². The first-order valence-corrected chi connectivity index (χ1v) is 13.4. The lowest BCUT2D eigenvalue weighted by molar-refractivity contribution is -0.899. The van der Waals surface area contributed by atoms with Crippen LogP contribution >= 0.6 is 0 Å². The summed E-state index contributed by atoms with van der Waals surface area (Å²) in [5, 5.41) is 0. The van der Waals surface area contributed by atoms with Crippen LogP contribution in [0.4, 0.5) is 0 Å². The van der Waals surface area contributed by atoms with Crippen LogP contribution in [0.25, 0.3) is 0 Å². The zero-order chi connectivity index (χ0) is 18.6. The number of hydrogen-bond donors (Lipinski definition) is 0. The molecule has 1 unspecified atom stereocenters. The predicted octanol–water partition coefficient (Wildman–Crippen LogP) is 3.43. The van der Waals surface area contributed by atoms with E-state index in [2.05, 4.69) is 20.9 Å². The third-order valence-electron chi connectivity index (χ3n) is 6.08.